The van der Waals surface area contributed by atoms with E-state index in [1.54, 1.807) is 22.3 Å². The van der Waals surface area contributed by atoms with Crippen molar-refractivity contribution >= 4 is 34.1 Å². The highest BCUT2D eigenvalue weighted by atomic mass is 15.2. The molecule has 0 unspecified atom stereocenters. The summed E-state index contributed by atoms with van der Waals surface area (Å²) in [5, 5.41) is 0. The van der Waals surface area contributed by atoms with Crippen molar-refractivity contribution < 1.29 is 0 Å². The highest BCUT2D eigenvalue weighted by molar-refractivity contribution is 5.89. The van der Waals surface area contributed by atoms with E-state index in [2.05, 4.69) is 308 Å². The van der Waals surface area contributed by atoms with Crippen molar-refractivity contribution in [2.45, 2.75) is 207 Å². The zero-order chi connectivity index (χ0) is 71.3. The predicted molar refractivity (Wildman–Crippen MR) is 446 cm³/mol. The molecule has 0 spiro atoms. The maximum atomic E-state index is 2.69. The van der Waals surface area contributed by atoms with Crippen LogP contribution in [0.2, 0.25) is 0 Å². The van der Waals surface area contributed by atoms with Gasteiger partial charge in [0, 0.05) is 45.0 Å². The smallest absolute Gasteiger partial charge is 0.0463 e. The van der Waals surface area contributed by atoms with E-state index in [-0.39, 0.29) is 10.8 Å². The zero-order valence-electron chi connectivity index (χ0n) is 63.5. The Balaban J connectivity index is 0.802. The number of anilines is 6. The summed E-state index contributed by atoms with van der Waals surface area (Å²) >= 11 is 0. The molecule has 0 saturated heterocycles. The summed E-state index contributed by atoms with van der Waals surface area (Å²) in [6.07, 6.45) is 30.6. The number of allylic oxidation sites excluding steroid dienone is 4. The van der Waals surface area contributed by atoms with Crippen LogP contribution in [0, 0.1) is 13.8 Å². The van der Waals surface area contributed by atoms with Gasteiger partial charge in [0.15, 0.2) is 0 Å². The molecule has 4 aliphatic rings. The fraction of sp³-hybridized carbons (Fsp3) is 0.314. The SMILES string of the molecule is CCCCc1ccc(N(c2ccc(C)cc2)c2ccc(N(c3ccc(CCCC)cc3)c3ccc(-c4ccc5c(c4)C(CCCCCc4ccc6c(c4)CC6)(CCCCCc4ccc6c(c4)CC6)c4cc(-c6ccc7c(c6)C(CC=C(C)C)(CC=C(C)C)c6cc(C)ccc6-7)ccc4-5)cc3)cc2)cc1. The van der Waals surface area contributed by atoms with Gasteiger partial charge in [-0.15, -0.1) is 0 Å². The second-order valence-electron chi connectivity index (χ2n) is 31.9. The predicted octanol–water partition coefficient (Wildman–Crippen LogP) is 28.3. The lowest BCUT2D eigenvalue weighted by Gasteiger charge is -2.34. The van der Waals surface area contributed by atoms with Crippen molar-refractivity contribution in [3.63, 3.8) is 0 Å². The lowest BCUT2D eigenvalue weighted by Crippen LogP contribution is -2.26. The summed E-state index contributed by atoms with van der Waals surface area (Å²) in [6.45, 7) is 18.1. The van der Waals surface area contributed by atoms with Crippen LogP contribution in [0.1, 0.15) is 209 Å². The standard InChI is InChI=1S/C102H108N2/c1-9-11-19-75-28-45-88(46-29-75)103(87-43-23-73(7)24-44-87)91-51-53-92(54-52-91)104(89-47-30-76(31-48-89)20-12-10-2)90-49-38-81(39-50-90)84-40-56-95-96-58-42-85(86-41-57-94-93-55-25-74(8)65-97(93)102(100(94)70-86,63-59-71(3)4)64-60-72(5)6)69-99(96)101(98(95)68-84,61-17-13-15-21-77-26-32-79-34-36-82(79)66-77)62-18-14-16-22-78-27-33-80-35-37-83(80)67-78/h23-33,38-60,65-70H,9-22,34-37,61-64H2,1-8H3. The molecule has 4 aliphatic carbocycles. The van der Waals surface area contributed by atoms with Gasteiger partial charge in [-0.1, -0.05) is 226 Å². The number of rotatable bonds is 30. The van der Waals surface area contributed by atoms with Crippen molar-refractivity contribution in [1.29, 1.82) is 0 Å². The molecule has 0 amide bonds. The zero-order valence-corrected chi connectivity index (χ0v) is 63.5. The van der Waals surface area contributed by atoms with Gasteiger partial charge in [0.25, 0.3) is 0 Å². The van der Waals surface area contributed by atoms with Gasteiger partial charge in [-0.2, -0.15) is 0 Å². The van der Waals surface area contributed by atoms with E-state index in [0.29, 0.717) is 0 Å². The van der Waals surface area contributed by atoms with Gasteiger partial charge in [-0.05, 0) is 347 Å². The Hall–Kier alpha value is -9.50. The Morgan fingerprint density at radius 1 is 0.298 bits per heavy atom. The van der Waals surface area contributed by atoms with Crippen LogP contribution in [0.15, 0.2) is 254 Å². The first-order chi connectivity index (χ1) is 50.8. The Kier molecular flexibility index (Phi) is 21.0. The molecule has 11 aromatic rings. The maximum Gasteiger partial charge on any atom is 0.0463 e. The van der Waals surface area contributed by atoms with Gasteiger partial charge in [-0.25, -0.2) is 0 Å². The molecule has 2 nitrogen and oxygen atoms in total. The van der Waals surface area contributed by atoms with Gasteiger partial charge in [0.05, 0.1) is 0 Å². The third-order valence-electron chi connectivity index (χ3n) is 24.1. The van der Waals surface area contributed by atoms with Gasteiger partial charge in [0.1, 0.15) is 0 Å². The first kappa shape index (κ1) is 70.2. The van der Waals surface area contributed by atoms with Crippen molar-refractivity contribution in [1.82, 2.24) is 0 Å². The fourth-order valence-corrected chi connectivity index (χ4v) is 17.8. The van der Waals surface area contributed by atoms with E-state index in [0.717, 1.165) is 85.5 Å². The Bertz CT molecular complexity index is 4830. The molecule has 0 atom stereocenters. The molecule has 0 aliphatic heterocycles. The third kappa shape index (κ3) is 14.6. The molecule has 15 rings (SSSR count). The number of unbranched alkanes of at least 4 members (excludes halogenated alkanes) is 6. The number of benzene rings is 11. The Labute approximate surface area is 623 Å². The molecule has 0 fully saturated rings. The van der Waals surface area contributed by atoms with E-state index >= 15 is 0 Å². The number of hydrogen-bond acceptors (Lipinski definition) is 2. The fourth-order valence-electron chi connectivity index (χ4n) is 17.8. The van der Waals surface area contributed by atoms with E-state index < -0.39 is 0 Å². The molecule has 2 heteroatoms. The van der Waals surface area contributed by atoms with Crippen LogP contribution in [0.4, 0.5) is 34.1 Å². The van der Waals surface area contributed by atoms with E-state index in [4.69, 9.17) is 0 Å². The number of hydrogen-bond donors (Lipinski definition) is 0. The van der Waals surface area contributed by atoms with Crippen LogP contribution in [0.5, 0.6) is 0 Å². The molecule has 11 aromatic carbocycles. The number of fused-ring (bicyclic) bond motifs is 8. The maximum absolute atomic E-state index is 2.69. The number of nitrogens with zero attached hydrogens (tertiary/aromatic N) is 2. The normalized spacial score (nSPS) is 13.7. The van der Waals surface area contributed by atoms with Crippen LogP contribution in [0.3, 0.4) is 0 Å². The van der Waals surface area contributed by atoms with Gasteiger partial charge < -0.3 is 9.80 Å². The molecule has 0 radical (unpaired) electrons. The largest absolute Gasteiger partial charge is 0.311 e. The summed E-state index contributed by atoms with van der Waals surface area (Å²) < 4.78 is 0. The first-order valence-corrected chi connectivity index (χ1v) is 39.9. The molecule has 526 valence electrons. The Morgan fingerprint density at radius 3 is 1.02 bits per heavy atom. The summed E-state index contributed by atoms with van der Waals surface area (Å²) in [6, 6.07) is 91.1. The van der Waals surface area contributed by atoms with E-state index in [1.165, 1.54) is 201 Å². The monoisotopic (exact) mass is 1360 g/mol. The minimum Gasteiger partial charge on any atom is -0.311 e. The van der Waals surface area contributed by atoms with Crippen LogP contribution < -0.4 is 9.80 Å². The second-order valence-corrected chi connectivity index (χ2v) is 31.9. The third-order valence-corrected chi connectivity index (χ3v) is 24.1. The summed E-state index contributed by atoms with van der Waals surface area (Å²) in [7, 11) is 0. The highest BCUT2D eigenvalue weighted by Gasteiger charge is 2.45. The molecular formula is C102H108N2. The highest BCUT2D eigenvalue weighted by Crippen LogP contribution is 2.58. The summed E-state index contributed by atoms with van der Waals surface area (Å²) in [5.74, 6) is 0. The molecule has 0 N–H and O–H groups in total. The quantitative estimate of drug-likeness (QED) is 0.0327. The van der Waals surface area contributed by atoms with Crippen molar-refractivity contribution in [3.8, 4) is 44.5 Å². The van der Waals surface area contributed by atoms with Crippen molar-refractivity contribution in [2.24, 2.45) is 0 Å². The number of aryl methyl sites for hydroxylation is 10. The lowest BCUT2D eigenvalue weighted by atomic mass is 9.69. The molecule has 104 heavy (non-hydrogen) atoms. The minimum atomic E-state index is -0.164. The van der Waals surface area contributed by atoms with E-state index in [1.807, 2.05) is 0 Å². The molecule has 0 saturated carbocycles. The summed E-state index contributed by atoms with van der Waals surface area (Å²) in [5.41, 5.74) is 40.8. The van der Waals surface area contributed by atoms with Crippen molar-refractivity contribution in [2.75, 3.05) is 9.80 Å². The van der Waals surface area contributed by atoms with Crippen LogP contribution in [-0.2, 0) is 62.2 Å². The molecule has 0 heterocycles. The minimum absolute atomic E-state index is 0.164. The Morgan fingerprint density at radius 2 is 0.625 bits per heavy atom. The van der Waals surface area contributed by atoms with Crippen molar-refractivity contribution in [3.05, 3.63) is 332 Å². The lowest BCUT2D eigenvalue weighted by molar-refractivity contribution is 0.402. The topological polar surface area (TPSA) is 6.48 Å². The van der Waals surface area contributed by atoms with Crippen LogP contribution in [-0.4, -0.2) is 0 Å². The first-order valence-electron chi connectivity index (χ1n) is 39.9. The molecular weight excluding hydrogens is 1250 g/mol. The molecule has 0 aromatic heterocycles. The van der Waals surface area contributed by atoms with Crippen LogP contribution >= 0.6 is 0 Å². The molecule has 0 bridgehead atoms. The second kappa shape index (κ2) is 31.1. The van der Waals surface area contributed by atoms with Gasteiger partial charge >= 0.3 is 0 Å². The van der Waals surface area contributed by atoms with E-state index in [9.17, 15) is 0 Å². The van der Waals surface area contributed by atoms with Crippen LogP contribution in [0.25, 0.3) is 44.5 Å². The average molecular weight is 1360 g/mol. The van der Waals surface area contributed by atoms with Gasteiger partial charge in [-0.3, -0.25) is 0 Å². The van der Waals surface area contributed by atoms with Gasteiger partial charge in [0.2, 0.25) is 0 Å². The average Bonchev–Trinajstić information content (AvgIpc) is 1.56. The summed E-state index contributed by atoms with van der Waals surface area (Å²) in [4.78, 5) is 4.86.